The van der Waals surface area contributed by atoms with Gasteiger partial charge in [-0.15, -0.1) is 0 Å². The van der Waals surface area contributed by atoms with E-state index in [2.05, 4.69) is 282 Å². The molecule has 2 nitrogen and oxygen atoms in total. The zero-order valence-corrected chi connectivity index (χ0v) is 38.2. The molecule has 1 aromatic heterocycles. The number of allylic oxidation sites excluding steroid dienone is 4. The minimum absolute atomic E-state index is 0.236. The van der Waals surface area contributed by atoms with Gasteiger partial charge in [0.15, 0.2) is 0 Å². The van der Waals surface area contributed by atoms with Crippen molar-refractivity contribution < 1.29 is 0 Å². The van der Waals surface area contributed by atoms with Gasteiger partial charge in [0, 0.05) is 33.5 Å². The van der Waals surface area contributed by atoms with Gasteiger partial charge in [-0.3, -0.25) is 0 Å². The lowest BCUT2D eigenvalue weighted by atomic mass is 9.62. The van der Waals surface area contributed by atoms with Crippen LogP contribution in [0.1, 0.15) is 23.1 Å². The second kappa shape index (κ2) is 16.9. The van der Waals surface area contributed by atoms with E-state index in [4.69, 9.17) is 0 Å². The van der Waals surface area contributed by atoms with Crippen LogP contribution >= 0.6 is 0 Å². The van der Waals surface area contributed by atoms with E-state index in [-0.39, 0.29) is 11.3 Å². The SMILES string of the molecule is C1=CCC(C2(c3ccccc3)c3ccccc3-c3ccc(N(c4ccc(-c5ccccc5)cc4)c4cccc(-c5cccc(-c6ccc7c(c6)c6ccccc6n7-c6ccccc6)c5)c4)cc32)C=C1. The Morgan fingerprint density at radius 3 is 1.74 bits per heavy atom. The number of anilines is 3. The lowest BCUT2D eigenvalue weighted by molar-refractivity contribution is 0.457. The molecule has 10 aromatic carbocycles. The molecule has 0 aliphatic heterocycles. The zero-order valence-electron chi connectivity index (χ0n) is 38.2. The van der Waals surface area contributed by atoms with Gasteiger partial charge < -0.3 is 9.47 Å². The van der Waals surface area contributed by atoms with E-state index in [9.17, 15) is 0 Å². The predicted octanol–water partition coefficient (Wildman–Crippen LogP) is 17.7. The largest absolute Gasteiger partial charge is 0.310 e. The van der Waals surface area contributed by atoms with Gasteiger partial charge in [-0.25, -0.2) is 0 Å². The molecule has 13 rings (SSSR count). The van der Waals surface area contributed by atoms with Gasteiger partial charge in [0.05, 0.1) is 16.4 Å². The Hall–Kier alpha value is -8.72. The van der Waals surface area contributed by atoms with Crippen molar-refractivity contribution in [2.24, 2.45) is 5.92 Å². The summed E-state index contributed by atoms with van der Waals surface area (Å²) in [4.78, 5) is 2.45. The van der Waals surface area contributed by atoms with Crippen molar-refractivity contribution in [3.05, 3.63) is 290 Å². The van der Waals surface area contributed by atoms with Crippen molar-refractivity contribution in [3.8, 4) is 50.2 Å². The Balaban J connectivity index is 0.947. The first-order chi connectivity index (χ1) is 34.2. The summed E-state index contributed by atoms with van der Waals surface area (Å²) in [6, 6.07) is 91.7. The van der Waals surface area contributed by atoms with Crippen LogP contribution in [0.5, 0.6) is 0 Å². The second-order valence-corrected chi connectivity index (χ2v) is 18.4. The molecular weight excluding hydrogens is 833 g/mol. The third kappa shape index (κ3) is 6.79. The zero-order chi connectivity index (χ0) is 45.7. The van der Waals surface area contributed by atoms with Gasteiger partial charge in [-0.2, -0.15) is 0 Å². The van der Waals surface area contributed by atoms with E-state index in [1.165, 1.54) is 83.1 Å². The van der Waals surface area contributed by atoms with Crippen LogP contribution in [0.15, 0.2) is 273 Å². The van der Waals surface area contributed by atoms with Gasteiger partial charge in [-0.05, 0) is 146 Å². The number of benzene rings is 10. The van der Waals surface area contributed by atoms with Crippen LogP contribution in [0.25, 0.3) is 72.0 Å². The van der Waals surface area contributed by atoms with Crippen molar-refractivity contribution in [2.45, 2.75) is 11.8 Å². The number of aromatic nitrogens is 1. The monoisotopic (exact) mass is 880 g/mol. The molecule has 2 aliphatic carbocycles. The Bertz CT molecular complexity index is 3750. The van der Waals surface area contributed by atoms with Crippen molar-refractivity contribution in [3.63, 3.8) is 0 Å². The molecule has 2 heteroatoms. The molecule has 0 amide bonds. The Labute approximate surface area is 404 Å². The minimum Gasteiger partial charge on any atom is -0.310 e. The molecule has 0 bridgehead atoms. The molecule has 0 spiro atoms. The van der Waals surface area contributed by atoms with E-state index in [1.807, 2.05) is 0 Å². The molecule has 2 unspecified atom stereocenters. The Kier molecular flexibility index (Phi) is 9.91. The first-order valence-corrected chi connectivity index (χ1v) is 24.1. The molecule has 0 fully saturated rings. The topological polar surface area (TPSA) is 8.17 Å². The molecular formula is C67H48N2. The number of nitrogens with zero attached hydrogens (tertiary/aromatic N) is 2. The van der Waals surface area contributed by atoms with Crippen LogP contribution in [0, 0.1) is 5.92 Å². The van der Waals surface area contributed by atoms with Crippen molar-refractivity contribution in [2.75, 3.05) is 4.90 Å². The van der Waals surface area contributed by atoms with Crippen LogP contribution in [-0.4, -0.2) is 4.57 Å². The van der Waals surface area contributed by atoms with Gasteiger partial charge >= 0.3 is 0 Å². The molecule has 0 saturated carbocycles. The summed E-state index contributed by atoms with van der Waals surface area (Å²) in [5.74, 6) is 0.236. The van der Waals surface area contributed by atoms with Crippen LogP contribution in [0.4, 0.5) is 17.1 Å². The first kappa shape index (κ1) is 40.5. The summed E-state index contributed by atoms with van der Waals surface area (Å²) in [7, 11) is 0. The van der Waals surface area contributed by atoms with Crippen molar-refractivity contribution in [1.29, 1.82) is 0 Å². The Morgan fingerprint density at radius 1 is 0.377 bits per heavy atom. The highest BCUT2D eigenvalue weighted by Gasteiger charge is 2.49. The highest BCUT2D eigenvalue weighted by atomic mass is 15.1. The summed E-state index contributed by atoms with van der Waals surface area (Å²) in [5, 5.41) is 2.50. The number of hydrogen-bond donors (Lipinski definition) is 0. The molecule has 0 saturated heterocycles. The maximum atomic E-state index is 2.50. The maximum Gasteiger partial charge on any atom is 0.0541 e. The van der Waals surface area contributed by atoms with Gasteiger partial charge in [-0.1, -0.05) is 200 Å². The van der Waals surface area contributed by atoms with Crippen molar-refractivity contribution in [1.82, 2.24) is 4.57 Å². The van der Waals surface area contributed by atoms with E-state index < -0.39 is 0 Å². The third-order valence-electron chi connectivity index (χ3n) is 14.6. The highest BCUT2D eigenvalue weighted by molar-refractivity contribution is 6.10. The minimum atomic E-state index is -0.380. The van der Waals surface area contributed by atoms with Crippen molar-refractivity contribution >= 4 is 38.9 Å². The molecule has 1 heterocycles. The number of hydrogen-bond acceptors (Lipinski definition) is 1. The lowest BCUT2D eigenvalue weighted by Crippen LogP contribution is -2.35. The number of rotatable bonds is 9. The highest BCUT2D eigenvalue weighted by Crippen LogP contribution is 2.59. The van der Waals surface area contributed by atoms with Crippen LogP contribution in [0.2, 0.25) is 0 Å². The average Bonchev–Trinajstić information content (AvgIpc) is 3.92. The molecule has 69 heavy (non-hydrogen) atoms. The molecule has 0 radical (unpaired) electrons. The smallest absolute Gasteiger partial charge is 0.0541 e. The molecule has 2 aliphatic rings. The van der Waals surface area contributed by atoms with Crippen LogP contribution in [0.3, 0.4) is 0 Å². The molecule has 2 atom stereocenters. The van der Waals surface area contributed by atoms with E-state index >= 15 is 0 Å². The van der Waals surface area contributed by atoms with Crippen LogP contribution < -0.4 is 4.90 Å². The average molecular weight is 881 g/mol. The van der Waals surface area contributed by atoms with Gasteiger partial charge in [0.1, 0.15) is 0 Å². The summed E-state index contributed by atoms with van der Waals surface area (Å²) in [5.41, 5.74) is 20.3. The fourth-order valence-corrected chi connectivity index (χ4v) is 11.6. The number of fused-ring (bicyclic) bond motifs is 6. The fraction of sp³-hybridized carbons (Fsp3) is 0.0448. The molecule has 0 N–H and O–H groups in total. The van der Waals surface area contributed by atoms with Crippen LogP contribution in [-0.2, 0) is 5.41 Å². The number of para-hydroxylation sites is 2. The first-order valence-electron chi connectivity index (χ1n) is 24.1. The normalized spacial score (nSPS) is 15.9. The summed E-state index contributed by atoms with van der Waals surface area (Å²) >= 11 is 0. The lowest BCUT2D eigenvalue weighted by Gasteiger charge is -2.40. The summed E-state index contributed by atoms with van der Waals surface area (Å²) in [6.45, 7) is 0. The van der Waals surface area contributed by atoms with E-state index in [1.54, 1.807) is 0 Å². The Morgan fingerprint density at radius 2 is 0.957 bits per heavy atom. The maximum absolute atomic E-state index is 2.50. The van der Waals surface area contributed by atoms with E-state index in [0.717, 1.165) is 29.0 Å². The quantitative estimate of drug-likeness (QED) is 0.140. The molecule has 326 valence electrons. The fourth-order valence-electron chi connectivity index (χ4n) is 11.6. The molecule has 11 aromatic rings. The summed E-state index contributed by atoms with van der Waals surface area (Å²) in [6.07, 6.45) is 10.2. The van der Waals surface area contributed by atoms with E-state index in [0.29, 0.717) is 0 Å². The van der Waals surface area contributed by atoms with Gasteiger partial charge in [0.25, 0.3) is 0 Å². The standard InChI is InChI=1S/C67H48N2/c1-5-19-47(20-6-1)48-35-38-56(39-36-48)68(58-40-41-60-59-31-13-15-33-63(59)67(64(60)46-58,53-24-7-2-8-25-53)54-26-9-3-10-27-54)57-30-18-23-51(44-57)49-21-17-22-50(43-49)52-37-42-66-62(45-52)61-32-14-16-34-65(61)69(66)55-28-11-4-12-29-55/h1-26,28-46,54H,27H2. The second-order valence-electron chi connectivity index (χ2n) is 18.4. The third-order valence-corrected chi connectivity index (χ3v) is 14.6. The summed E-state index contributed by atoms with van der Waals surface area (Å²) < 4.78 is 2.38. The van der Waals surface area contributed by atoms with Gasteiger partial charge in [0.2, 0.25) is 0 Å². The predicted molar refractivity (Wildman–Crippen MR) is 290 cm³/mol.